The van der Waals surface area contributed by atoms with E-state index < -0.39 is 11.2 Å². The Morgan fingerprint density at radius 1 is 0.964 bits per heavy atom. The molecule has 0 aromatic carbocycles. The summed E-state index contributed by atoms with van der Waals surface area (Å²) in [6, 6.07) is 3.66. The molecule has 3 heterocycles. The Balaban J connectivity index is 1.65. The Kier molecular flexibility index (Phi) is 5.47. The first-order chi connectivity index (χ1) is 13.2. The molecule has 5 nitrogen and oxygen atoms in total. The van der Waals surface area contributed by atoms with Crippen molar-refractivity contribution in [3.05, 3.63) is 29.6 Å². The van der Waals surface area contributed by atoms with E-state index in [1.54, 1.807) is 12.3 Å². The van der Waals surface area contributed by atoms with Crippen LogP contribution in [0.25, 0.3) is 0 Å². The minimum atomic E-state index is -0.416. The lowest BCUT2D eigenvalue weighted by Crippen LogP contribution is -2.17. The van der Waals surface area contributed by atoms with Gasteiger partial charge in [0.2, 0.25) is 0 Å². The normalized spacial score (nSPS) is 24.4. The van der Waals surface area contributed by atoms with Crippen LogP contribution in [0.5, 0.6) is 0 Å². The zero-order valence-corrected chi connectivity index (χ0v) is 16.8. The van der Waals surface area contributed by atoms with E-state index >= 15 is 0 Å². The molecule has 0 bridgehead atoms. The number of carbonyl (C=O) groups excluding carboxylic acids is 2. The predicted molar refractivity (Wildman–Crippen MR) is 104 cm³/mol. The number of pyridine rings is 1. The van der Waals surface area contributed by atoms with E-state index in [-0.39, 0.29) is 23.8 Å². The van der Waals surface area contributed by atoms with Crippen molar-refractivity contribution in [1.82, 2.24) is 4.98 Å². The Labute approximate surface area is 166 Å². The van der Waals surface area contributed by atoms with Crippen LogP contribution in [-0.2, 0) is 19.1 Å². The molecular formula is C23H25NO4. The van der Waals surface area contributed by atoms with Gasteiger partial charge < -0.3 is 9.47 Å². The molecular weight excluding hydrogens is 354 g/mol. The lowest BCUT2D eigenvalue weighted by Gasteiger charge is -2.14. The number of hydrogen-bond acceptors (Lipinski definition) is 5. The van der Waals surface area contributed by atoms with E-state index in [0.717, 1.165) is 5.56 Å². The van der Waals surface area contributed by atoms with Gasteiger partial charge in [-0.05, 0) is 45.7 Å². The summed E-state index contributed by atoms with van der Waals surface area (Å²) < 4.78 is 10.7. The van der Waals surface area contributed by atoms with Crippen LogP contribution in [0.1, 0.15) is 64.6 Å². The molecule has 5 heteroatoms. The number of cyclic esters (lactones) is 2. The number of ether oxygens (including phenoxy) is 2. The number of esters is 2. The lowest BCUT2D eigenvalue weighted by atomic mass is 9.95. The summed E-state index contributed by atoms with van der Waals surface area (Å²) in [5.41, 5.74) is 0.468. The zero-order valence-electron chi connectivity index (χ0n) is 16.8. The monoisotopic (exact) mass is 379 g/mol. The molecule has 2 fully saturated rings. The molecule has 0 radical (unpaired) electrons. The van der Waals surface area contributed by atoms with Crippen molar-refractivity contribution in [2.75, 3.05) is 0 Å². The van der Waals surface area contributed by atoms with Crippen LogP contribution in [0.2, 0.25) is 0 Å². The Hall–Kier alpha value is -2.79. The van der Waals surface area contributed by atoms with Gasteiger partial charge in [0.1, 0.15) is 16.9 Å². The van der Waals surface area contributed by atoms with Crippen LogP contribution in [0.4, 0.5) is 0 Å². The molecule has 0 saturated carbocycles. The van der Waals surface area contributed by atoms with Gasteiger partial charge in [-0.3, -0.25) is 9.59 Å². The van der Waals surface area contributed by atoms with Gasteiger partial charge in [-0.2, -0.15) is 0 Å². The predicted octanol–water partition coefficient (Wildman–Crippen LogP) is 3.25. The van der Waals surface area contributed by atoms with Gasteiger partial charge in [-0.25, -0.2) is 4.98 Å². The third kappa shape index (κ3) is 4.93. The number of nitrogens with zero attached hydrogens (tertiary/aromatic N) is 1. The molecule has 146 valence electrons. The van der Waals surface area contributed by atoms with Crippen LogP contribution in [0, 0.1) is 35.5 Å². The van der Waals surface area contributed by atoms with Crippen LogP contribution < -0.4 is 0 Å². The van der Waals surface area contributed by atoms with Crippen LogP contribution in [0.15, 0.2) is 18.3 Å². The molecule has 0 spiro atoms. The topological polar surface area (TPSA) is 65.5 Å². The first kappa shape index (κ1) is 20.0. The summed E-state index contributed by atoms with van der Waals surface area (Å²) >= 11 is 0. The summed E-state index contributed by atoms with van der Waals surface area (Å²) in [5, 5.41) is 0. The van der Waals surface area contributed by atoms with E-state index in [1.165, 1.54) is 0 Å². The van der Waals surface area contributed by atoms with Crippen molar-refractivity contribution in [1.29, 1.82) is 0 Å². The molecule has 0 amide bonds. The fourth-order valence-electron chi connectivity index (χ4n) is 3.59. The van der Waals surface area contributed by atoms with E-state index in [2.05, 4.69) is 28.7 Å². The molecule has 2 aliphatic heterocycles. The van der Waals surface area contributed by atoms with Gasteiger partial charge in [0.05, 0.1) is 17.4 Å². The molecule has 28 heavy (non-hydrogen) atoms. The number of carbonyl (C=O) groups is 2. The fraction of sp³-hybridized carbons (Fsp3) is 0.522. The molecule has 0 N–H and O–H groups in total. The molecule has 2 unspecified atom stereocenters. The van der Waals surface area contributed by atoms with Crippen molar-refractivity contribution in [3.63, 3.8) is 0 Å². The van der Waals surface area contributed by atoms with Crippen LogP contribution >= 0.6 is 0 Å². The van der Waals surface area contributed by atoms with Crippen LogP contribution in [0.3, 0.4) is 0 Å². The highest BCUT2D eigenvalue weighted by atomic mass is 16.6. The third-order valence-electron chi connectivity index (χ3n) is 4.83. The standard InChI is InChI=1S/C23H25NO4/c1-22(2)14-17(20(25)27-22)9-5-8-16-11-7-13-24-19(16)12-6-10-18-15-23(3,4)28-21(18)26/h7,11,13,17-18H,9-10,14-15H2,1-4H3. The highest BCUT2D eigenvalue weighted by Gasteiger charge is 2.40. The number of rotatable bonds is 2. The molecule has 2 aliphatic rings. The molecule has 3 rings (SSSR count). The van der Waals surface area contributed by atoms with Gasteiger partial charge in [-0.1, -0.05) is 17.8 Å². The SMILES string of the molecule is CC1(C)CC(CC#Cc2cccnc2C#CCC2CC(C)(C)OC2=O)C(=O)O1. The summed E-state index contributed by atoms with van der Waals surface area (Å²) in [6.07, 6.45) is 3.90. The molecule has 2 atom stereocenters. The third-order valence-corrected chi connectivity index (χ3v) is 4.83. The van der Waals surface area contributed by atoms with E-state index in [9.17, 15) is 9.59 Å². The largest absolute Gasteiger partial charge is 0.459 e. The van der Waals surface area contributed by atoms with Gasteiger partial charge in [-0.15, -0.1) is 0 Å². The van der Waals surface area contributed by atoms with Gasteiger partial charge in [0, 0.05) is 31.9 Å². The zero-order chi connectivity index (χ0) is 20.4. The van der Waals surface area contributed by atoms with Crippen molar-refractivity contribution in [3.8, 4) is 23.7 Å². The average Bonchev–Trinajstić information content (AvgIpc) is 3.01. The van der Waals surface area contributed by atoms with E-state index in [4.69, 9.17) is 9.47 Å². The minimum Gasteiger partial charge on any atom is -0.459 e. The van der Waals surface area contributed by atoms with Gasteiger partial charge in [0.15, 0.2) is 0 Å². The van der Waals surface area contributed by atoms with Gasteiger partial charge >= 0.3 is 11.9 Å². The van der Waals surface area contributed by atoms with E-state index in [1.807, 2.05) is 33.8 Å². The second kappa shape index (κ2) is 7.68. The molecule has 1 aromatic heterocycles. The lowest BCUT2D eigenvalue weighted by molar-refractivity contribution is -0.149. The highest BCUT2D eigenvalue weighted by molar-refractivity contribution is 5.76. The van der Waals surface area contributed by atoms with Crippen molar-refractivity contribution < 1.29 is 19.1 Å². The highest BCUT2D eigenvalue weighted by Crippen LogP contribution is 2.32. The summed E-state index contributed by atoms with van der Waals surface area (Å²) in [5.74, 6) is 11.5. The summed E-state index contributed by atoms with van der Waals surface area (Å²) in [4.78, 5) is 28.0. The first-order valence-corrected chi connectivity index (χ1v) is 9.54. The van der Waals surface area contributed by atoms with E-state index in [0.29, 0.717) is 31.4 Å². The Bertz CT molecular complexity index is 833. The summed E-state index contributed by atoms with van der Waals surface area (Å²) in [7, 11) is 0. The quantitative estimate of drug-likeness (QED) is 0.583. The molecule has 1 aromatic rings. The maximum absolute atomic E-state index is 11.9. The number of aromatic nitrogens is 1. The molecule has 2 saturated heterocycles. The first-order valence-electron chi connectivity index (χ1n) is 9.54. The minimum absolute atomic E-state index is 0.183. The fourth-order valence-corrected chi connectivity index (χ4v) is 3.59. The number of hydrogen-bond donors (Lipinski definition) is 0. The second-order valence-corrected chi connectivity index (χ2v) is 8.58. The maximum Gasteiger partial charge on any atom is 0.310 e. The van der Waals surface area contributed by atoms with Crippen molar-refractivity contribution in [2.24, 2.45) is 11.8 Å². The Morgan fingerprint density at radius 2 is 1.50 bits per heavy atom. The van der Waals surface area contributed by atoms with Gasteiger partial charge in [0.25, 0.3) is 0 Å². The van der Waals surface area contributed by atoms with Crippen LogP contribution in [-0.4, -0.2) is 28.1 Å². The maximum atomic E-state index is 11.9. The van der Waals surface area contributed by atoms with Crippen molar-refractivity contribution >= 4 is 11.9 Å². The smallest absolute Gasteiger partial charge is 0.310 e. The summed E-state index contributed by atoms with van der Waals surface area (Å²) in [6.45, 7) is 7.64. The second-order valence-electron chi connectivity index (χ2n) is 8.58. The average molecular weight is 379 g/mol. The van der Waals surface area contributed by atoms with Crippen molar-refractivity contribution in [2.45, 2.75) is 64.6 Å². The molecule has 0 aliphatic carbocycles. The Morgan fingerprint density at radius 3 is 2.00 bits per heavy atom.